The number of rotatable bonds is 6. The van der Waals surface area contributed by atoms with Gasteiger partial charge in [-0.1, -0.05) is 0 Å². The highest BCUT2D eigenvalue weighted by Crippen LogP contribution is 2.16. The molecule has 1 unspecified atom stereocenters. The van der Waals surface area contributed by atoms with Crippen LogP contribution in [-0.2, 0) is 9.59 Å². The number of primary amides is 1. The van der Waals surface area contributed by atoms with Gasteiger partial charge in [0.05, 0.1) is 12.0 Å². The molecule has 1 atom stereocenters. The smallest absolute Gasteiger partial charge is 0.326 e. The average Bonchev–Trinajstić information content (AvgIpc) is 2.37. The van der Waals surface area contributed by atoms with Crippen LogP contribution in [0.15, 0.2) is 23.4 Å². The normalized spacial score (nSPS) is 11.6. The molecule has 2 amide bonds. The van der Waals surface area contributed by atoms with Crippen LogP contribution in [0.25, 0.3) is 0 Å². The van der Waals surface area contributed by atoms with Crippen LogP contribution in [-0.4, -0.2) is 40.2 Å². The summed E-state index contributed by atoms with van der Waals surface area (Å²) in [5, 5.41) is 11.6. The van der Waals surface area contributed by atoms with E-state index >= 15 is 0 Å². The lowest BCUT2D eigenvalue weighted by atomic mass is 10.2. The third-order valence-corrected chi connectivity index (χ3v) is 2.93. The van der Waals surface area contributed by atoms with Crippen molar-refractivity contribution in [2.45, 2.75) is 17.5 Å². The molecule has 0 fully saturated rings. The molecular weight excluding hydrogens is 270 g/mol. The number of hydrogen-bond donors (Lipinski definition) is 3. The minimum Gasteiger partial charge on any atom is -0.480 e. The van der Waals surface area contributed by atoms with E-state index in [1.54, 1.807) is 12.3 Å². The first-order chi connectivity index (χ1) is 8.95. The SMILES string of the molecule is CSc1ncccc1C(=O)NC(CC(N)=O)C(=O)O. The number of nitrogens with zero attached hydrogens (tertiary/aromatic N) is 1. The van der Waals surface area contributed by atoms with Crippen molar-refractivity contribution in [3.8, 4) is 0 Å². The van der Waals surface area contributed by atoms with Gasteiger partial charge in [0.25, 0.3) is 5.91 Å². The number of aliphatic carboxylic acids is 1. The van der Waals surface area contributed by atoms with E-state index in [4.69, 9.17) is 10.8 Å². The number of pyridine rings is 1. The van der Waals surface area contributed by atoms with E-state index in [1.807, 2.05) is 0 Å². The maximum atomic E-state index is 11.9. The molecule has 0 aliphatic rings. The predicted octanol–water partition coefficient (Wildman–Crippen LogP) is -0.138. The first-order valence-electron chi connectivity index (χ1n) is 5.26. The van der Waals surface area contributed by atoms with E-state index in [1.165, 1.54) is 24.0 Å². The van der Waals surface area contributed by atoms with Crippen molar-refractivity contribution in [3.63, 3.8) is 0 Å². The fourth-order valence-corrected chi connectivity index (χ4v) is 1.91. The van der Waals surface area contributed by atoms with Crippen molar-refractivity contribution in [3.05, 3.63) is 23.9 Å². The van der Waals surface area contributed by atoms with E-state index in [-0.39, 0.29) is 5.56 Å². The zero-order valence-corrected chi connectivity index (χ0v) is 10.9. The van der Waals surface area contributed by atoms with E-state index in [0.29, 0.717) is 5.03 Å². The Morgan fingerprint density at radius 3 is 2.74 bits per heavy atom. The minimum absolute atomic E-state index is 0.255. The molecule has 0 saturated carbocycles. The van der Waals surface area contributed by atoms with E-state index in [9.17, 15) is 14.4 Å². The fourth-order valence-electron chi connectivity index (χ4n) is 1.36. The Hall–Kier alpha value is -2.09. The number of aromatic nitrogens is 1. The van der Waals surface area contributed by atoms with Gasteiger partial charge in [-0.25, -0.2) is 9.78 Å². The number of hydrogen-bond acceptors (Lipinski definition) is 5. The minimum atomic E-state index is -1.35. The number of carbonyl (C=O) groups is 3. The molecule has 0 aliphatic heterocycles. The van der Waals surface area contributed by atoms with Crippen molar-refractivity contribution < 1.29 is 19.5 Å². The summed E-state index contributed by atoms with van der Waals surface area (Å²) in [6.45, 7) is 0. The molecule has 0 spiro atoms. The zero-order chi connectivity index (χ0) is 14.4. The molecule has 0 aliphatic carbocycles. The van der Waals surface area contributed by atoms with Gasteiger partial charge in [-0.05, 0) is 18.4 Å². The number of carbonyl (C=O) groups excluding carboxylic acids is 2. The number of nitrogens with two attached hydrogens (primary N) is 1. The van der Waals surface area contributed by atoms with Crippen LogP contribution < -0.4 is 11.1 Å². The van der Waals surface area contributed by atoms with Crippen LogP contribution in [0.3, 0.4) is 0 Å². The quantitative estimate of drug-likeness (QED) is 0.625. The summed E-state index contributed by atoms with van der Waals surface area (Å²) in [6.07, 6.45) is 2.81. The molecule has 19 heavy (non-hydrogen) atoms. The Morgan fingerprint density at radius 2 is 2.21 bits per heavy atom. The summed E-state index contributed by atoms with van der Waals surface area (Å²) in [4.78, 5) is 37.6. The summed E-state index contributed by atoms with van der Waals surface area (Å²) in [5.41, 5.74) is 5.19. The Morgan fingerprint density at radius 1 is 1.53 bits per heavy atom. The van der Waals surface area contributed by atoms with Crippen molar-refractivity contribution >= 4 is 29.5 Å². The molecule has 1 rings (SSSR count). The van der Waals surface area contributed by atoms with E-state index in [2.05, 4.69) is 10.3 Å². The highest BCUT2D eigenvalue weighted by atomic mass is 32.2. The molecule has 1 aromatic heterocycles. The highest BCUT2D eigenvalue weighted by Gasteiger charge is 2.23. The van der Waals surface area contributed by atoms with Gasteiger partial charge in [0.15, 0.2) is 0 Å². The maximum absolute atomic E-state index is 11.9. The highest BCUT2D eigenvalue weighted by molar-refractivity contribution is 7.98. The Kier molecular flexibility index (Phi) is 5.31. The monoisotopic (exact) mass is 283 g/mol. The summed E-state index contributed by atoms with van der Waals surface area (Å²) >= 11 is 1.26. The Bertz CT molecular complexity index is 506. The van der Waals surface area contributed by atoms with Gasteiger partial charge in [-0.2, -0.15) is 0 Å². The number of nitrogens with one attached hydrogen (secondary N) is 1. The lowest BCUT2D eigenvalue weighted by Gasteiger charge is -2.13. The third kappa shape index (κ3) is 4.25. The summed E-state index contributed by atoms with van der Waals surface area (Å²) < 4.78 is 0. The largest absolute Gasteiger partial charge is 0.480 e. The number of carboxylic acid groups (broad SMARTS) is 1. The molecule has 0 saturated heterocycles. The van der Waals surface area contributed by atoms with Crippen LogP contribution >= 0.6 is 11.8 Å². The van der Waals surface area contributed by atoms with Gasteiger partial charge >= 0.3 is 5.97 Å². The summed E-state index contributed by atoms with van der Waals surface area (Å²) in [7, 11) is 0. The van der Waals surface area contributed by atoms with E-state index in [0.717, 1.165) is 0 Å². The molecule has 1 heterocycles. The maximum Gasteiger partial charge on any atom is 0.326 e. The number of thioether (sulfide) groups is 1. The van der Waals surface area contributed by atoms with Gasteiger partial charge in [-0.15, -0.1) is 11.8 Å². The number of amides is 2. The zero-order valence-electron chi connectivity index (χ0n) is 10.1. The second-order valence-electron chi connectivity index (χ2n) is 3.59. The molecule has 4 N–H and O–H groups in total. The Balaban J connectivity index is 2.87. The van der Waals surface area contributed by atoms with Gasteiger partial charge in [0.2, 0.25) is 5.91 Å². The second kappa shape index (κ2) is 6.74. The third-order valence-electron chi connectivity index (χ3n) is 2.22. The van der Waals surface area contributed by atoms with Gasteiger partial charge in [0, 0.05) is 6.20 Å². The Labute approximate surface area is 113 Å². The summed E-state index contributed by atoms with van der Waals surface area (Å²) in [5.74, 6) is -2.73. The van der Waals surface area contributed by atoms with Crippen LogP contribution in [0.5, 0.6) is 0 Å². The molecule has 0 bridgehead atoms. The van der Waals surface area contributed by atoms with Crippen LogP contribution in [0.1, 0.15) is 16.8 Å². The topological polar surface area (TPSA) is 122 Å². The van der Waals surface area contributed by atoms with E-state index < -0.39 is 30.2 Å². The summed E-state index contributed by atoms with van der Waals surface area (Å²) in [6, 6.07) is 1.75. The molecule has 0 radical (unpaired) electrons. The van der Waals surface area contributed by atoms with Gasteiger partial charge in [-0.3, -0.25) is 9.59 Å². The fraction of sp³-hybridized carbons (Fsp3) is 0.273. The second-order valence-corrected chi connectivity index (χ2v) is 4.39. The standard InChI is InChI=1S/C11H13N3O4S/c1-19-10-6(3-2-4-13-10)9(16)14-7(11(17)18)5-8(12)15/h2-4,7H,5H2,1H3,(H2,12,15)(H,14,16)(H,17,18). The van der Waals surface area contributed by atoms with Crippen LogP contribution in [0.4, 0.5) is 0 Å². The van der Waals surface area contributed by atoms with Crippen LogP contribution in [0, 0.1) is 0 Å². The van der Waals surface area contributed by atoms with Crippen molar-refractivity contribution in [2.24, 2.45) is 5.73 Å². The average molecular weight is 283 g/mol. The van der Waals surface area contributed by atoms with Crippen LogP contribution in [0.2, 0.25) is 0 Å². The molecule has 8 heteroatoms. The van der Waals surface area contributed by atoms with Crippen molar-refractivity contribution in [2.75, 3.05) is 6.26 Å². The molecule has 1 aromatic rings. The van der Waals surface area contributed by atoms with Crippen molar-refractivity contribution in [1.29, 1.82) is 0 Å². The van der Waals surface area contributed by atoms with Crippen molar-refractivity contribution in [1.82, 2.24) is 10.3 Å². The first-order valence-corrected chi connectivity index (χ1v) is 6.49. The molecule has 102 valence electrons. The van der Waals surface area contributed by atoms with Gasteiger partial charge in [0.1, 0.15) is 11.1 Å². The van der Waals surface area contributed by atoms with Gasteiger partial charge < -0.3 is 16.2 Å². The first kappa shape index (κ1) is 15.0. The molecule has 7 nitrogen and oxygen atoms in total. The predicted molar refractivity (Wildman–Crippen MR) is 68.7 cm³/mol. The molecular formula is C11H13N3O4S. The lowest BCUT2D eigenvalue weighted by molar-refractivity contribution is -0.140. The lowest BCUT2D eigenvalue weighted by Crippen LogP contribution is -2.43. The number of carboxylic acids is 1. The molecule has 0 aromatic carbocycles.